The molecule has 1 heterocycles. The van der Waals surface area contributed by atoms with Crippen molar-refractivity contribution in [2.24, 2.45) is 5.92 Å². The van der Waals surface area contributed by atoms with E-state index in [2.05, 4.69) is 36.1 Å². The van der Waals surface area contributed by atoms with Crippen LogP contribution in [0.4, 0.5) is 5.69 Å². The molecule has 1 aromatic heterocycles. The lowest BCUT2D eigenvalue weighted by molar-refractivity contribution is -0.387. The summed E-state index contributed by atoms with van der Waals surface area (Å²) in [6.07, 6.45) is 3.76. The molecule has 1 rings (SSSR count). The van der Waals surface area contributed by atoms with Gasteiger partial charge in [0.15, 0.2) is 0 Å². The van der Waals surface area contributed by atoms with Crippen molar-refractivity contribution in [3.8, 4) is 5.88 Å². The van der Waals surface area contributed by atoms with Crippen molar-refractivity contribution in [2.75, 3.05) is 13.7 Å². The second-order valence-electron chi connectivity index (χ2n) is 5.42. The Kier molecular flexibility index (Phi) is 7.01. The van der Waals surface area contributed by atoms with Crippen LogP contribution < -0.4 is 10.1 Å². The number of nitro groups is 1. The van der Waals surface area contributed by atoms with Crippen molar-refractivity contribution in [3.63, 3.8) is 0 Å². The Bertz CT molecular complexity index is 466. The highest BCUT2D eigenvalue weighted by atomic mass is 16.6. The molecule has 21 heavy (non-hydrogen) atoms. The zero-order valence-corrected chi connectivity index (χ0v) is 13.1. The smallest absolute Gasteiger partial charge is 0.352 e. The van der Waals surface area contributed by atoms with E-state index in [0.717, 1.165) is 19.4 Å². The summed E-state index contributed by atoms with van der Waals surface area (Å²) < 4.78 is 4.98. The molecule has 0 saturated heterocycles. The van der Waals surface area contributed by atoms with Crippen LogP contribution in [-0.4, -0.2) is 34.6 Å². The minimum atomic E-state index is -0.472. The summed E-state index contributed by atoms with van der Waals surface area (Å²) in [6.45, 7) is 7.24. The van der Waals surface area contributed by atoms with Crippen molar-refractivity contribution >= 4 is 5.69 Å². The molecule has 7 heteroatoms. The second kappa shape index (κ2) is 8.51. The van der Waals surface area contributed by atoms with Gasteiger partial charge in [0.05, 0.1) is 12.0 Å². The van der Waals surface area contributed by atoms with E-state index in [1.54, 1.807) is 0 Å². The van der Waals surface area contributed by atoms with E-state index in [1.165, 1.54) is 13.4 Å². The molecule has 1 unspecified atom stereocenters. The Morgan fingerprint density at radius 2 is 2.14 bits per heavy atom. The van der Waals surface area contributed by atoms with Crippen LogP contribution in [0.2, 0.25) is 0 Å². The number of methoxy groups -OCH3 is 1. The second-order valence-corrected chi connectivity index (χ2v) is 5.42. The van der Waals surface area contributed by atoms with Crippen molar-refractivity contribution in [2.45, 2.75) is 46.1 Å². The summed E-state index contributed by atoms with van der Waals surface area (Å²) in [4.78, 5) is 18.7. The largest absolute Gasteiger partial charge is 0.476 e. The average molecular weight is 296 g/mol. The SMILES string of the molecule is CCCNC(Cc1ncnc(OC)c1[N+](=O)[O-])CC(C)C. The van der Waals surface area contributed by atoms with E-state index in [-0.39, 0.29) is 17.6 Å². The molecule has 0 amide bonds. The zero-order valence-electron chi connectivity index (χ0n) is 13.1. The normalized spacial score (nSPS) is 12.4. The first-order valence-corrected chi connectivity index (χ1v) is 7.25. The minimum Gasteiger partial charge on any atom is -0.476 e. The van der Waals surface area contributed by atoms with E-state index in [9.17, 15) is 10.1 Å². The molecular weight excluding hydrogens is 272 g/mol. The van der Waals surface area contributed by atoms with Crippen LogP contribution in [0.15, 0.2) is 6.33 Å². The topological polar surface area (TPSA) is 90.2 Å². The van der Waals surface area contributed by atoms with Crippen LogP contribution in [-0.2, 0) is 6.42 Å². The van der Waals surface area contributed by atoms with Gasteiger partial charge < -0.3 is 10.1 Å². The first-order chi connectivity index (χ1) is 9.99. The van der Waals surface area contributed by atoms with Gasteiger partial charge in [-0.1, -0.05) is 20.8 Å². The maximum Gasteiger partial charge on any atom is 0.352 e. The Morgan fingerprint density at radius 1 is 1.43 bits per heavy atom. The van der Waals surface area contributed by atoms with Gasteiger partial charge in [-0.25, -0.2) is 4.98 Å². The zero-order chi connectivity index (χ0) is 15.8. The summed E-state index contributed by atoms with van der Waals surface area (Å²) >= 11 is 0. The lowest BCUT2D eigenvalue weighted by atomic mass is 9.99. The summed E-state index contributed by atoms with van der Waals surface area (Å²) in [6, 6.07) is 0.156. The number of rotatable bonds is 9. The first kappa shape index (κ1) is 17.3. The van der Waals surface area contributed by atoms with E-state index in [1.807, 2.05) is 0 Å². The number of hydrogen-bond acceptors (Lipinski definition) is 6. The third kappa shape index (κ3) is 5.26. The predicted octanol–water partition coefficient (Wildman–Crippen LogP) is 2.35. The van der Waals surface area contributed by atoms with E-state index in [4.69, 9.17) is 4.74 Å². The number of nitrogens with zero attached hydrogens (tertiary/aromatic N) is 3. The third-order valence-corrected chi connectivity index (χ3v) is 3.12. The van der Waals surface area contributed by atoms with Gasteiger partial charge in [-0.3, -0.25) is 10.1 Å². The average Bonchev–Trinajstić information content (AvgIpc) is 2.43. The monoisotopic (exact) mass is 296 g/mol. The Morgan fingerprint density at radius 3 is 2.67 bits per heavy atom. The van der Waals surface area contributed by atoms with Gasteiger partial charge in [-0.05, 0) is 25.3 Å². The highest BCUT2D eigenvalue weighted by Crippen LogP contribution is 2.27. The van der Waals surface area contributed by atoms with Gasteiger partial charge in [0.2, 0.25) is 0 Å². The quantitative estimate of drug-likeness (QED) is 0.555. The van der Waals surface area contributed by atoms with Crippen LogP contribution in [0.5, 0.6) is 5.88 Å². The summed E-state index contributed by atoms with van der Waals surface area (Å²) in [5, 5.41) is 14.7. The number of aromatic nitrogens is 2. The molecule has 0 aromatic carbocycles. The first-order valence-electron chi connectivity index (χ1n) is 7.25. The van der Waals surface area contributed by atoms with Gasteiger partial charge in [0.1, 0.15) is 12.0 Å². The molecule has 0 aliphatic rings. The molecular formula is C14H24N4O3. The maximum atomic E-state index is 11.2. The van der Waals surface area contributed by atoms with Crippen LogP contribution in [0.1, 0.15) is 39.3 Å². The van der Waals surface area contributed by atoms with Crippen LogP contribution >= 0.6 is 0 Å². The minimum absolute atomic E-state index is 0.0174. The number of hydrogen-bond donors (Lipinski definition) is 1. The Balaban J connectivity index is 2.99. The molecule has 0 fully saturated rings. The van der Waals surface area contributed by atoms with E-state index < -0.39 is 4.92 Å². The molecule has 0 saturated carbocycles. The molecule has 7 nitrogen and oxygen atoms in total. The van der Waals surface area contributed by atoms with Crippen molar-refractivity contribution < 1.29 is 9.66 Å². The molecule has 0 bridgehead atoms. The standard InChI is InChI=1S/C14H24N4O3/c1-5-6-15-11(7-10(2)3)8-12-13(18(19)20)14(21-4)17-9-16-12/h9-11,15H,5-8H2,1-4H3. The lowest BCUT2D eigenvalue weighted by Crippen LogP contribution is -2.33. The number of nitrogens with one attached hydrogen (secondary N) is 1. The van der Waals surface area contributed by atoms with Crippen LogP contribution in [0, 0.1) is 16.0 Å². The van der Waals surface area contributed by atoms with Gasteiger partial charge in [0.25, 0.3) is 5.88 Å². The fourth-order valence-electron chi connectivity index (χ4n) is 2.27. The van der Waals surface area contributed by atoms with Gasteiger partial charge in [-0.15, -0.1) is 0 Å². The van der Waals surface area contributed by atoms with Crippen LogP contribution in [0.3, 0.4) is 0 Å². The van der Waals surface area contributed by atoms with Crippen molar-refractivity contribution in [3.05, 3.63) is 22.1 Å². The van der Waals surface area contributed by atoms with E-state index >= 15 is 0 Å². The molecule has 0 spiro atoms. The lowest BCUT2D eigenvalue weighted by Gasteiger charge is -2.20. The van der Waals surface area contributed by atoms with Crippen molar-refractivity contribution in [1.82, 2.24) is 15.3 Å². The fraction of sp³-hybridized carbons (Fsp3) is 0.714. The summed E-state index contributed by atoms with van der Waals surface area (Å²) in [7, 11) is 1.38. The summed E-state index contributed by atoms with van der Waals surface area (Å²) in [5.74, 6) is 0.519. The molecule has 1 atom stereocenters. The third-order valence-electron chi connectivity index (χ3n) is 3.12. The maximum absolute atomic E-state index is 11.2. The molecule has 118 valence electrons. The van der Waals surface area contributed by atoms with E-state index in [0.29, 0.717) is 18.0 Å². The number of ether oxygens (including phenoxy) is 1. The predicted molar refractivity (Wildman–Crippen MR) is 80.5 cm³/mol. The fourth-order valence-corrected chi connectivity index (χ4v) is 2.27. The molecule has 1 aromatic rings. The van der Waals surface area contributed by atoms with Gasteiger partial charge in [-0.2, -0.15) is 4.98 Å². The highest BCUT2D eigenvalue weighted by Gasteiger charge is 2.25. The Hall–Kier alpha value is -1.76. The van der Waals surface area contributed by atoms with Crippen molar-refractivity contribution in [1.29, 1.82) is 0 Å². The van der Waals surface area contributed by atoms with Crippen LogP contribution in [0.25, 0.3) is 0 Å². The highest BCUT2D eigenvalue weighted by molar-refractivity contribution is 5.44. The van der Waals surface area contributed by atoms with Gasteiger partial charge in [0, 0.05) is 12.5 Å². The molecule has 1 N–H and O–H groups in total. The summed E-state index contributed by atoms with van der Waals surface area (Å²) in [5.41, 5.74) is 0.285. The molecule has 0 radical (unpaired) electrons. The van der Waals surface area contributed by atoms with Gasteiger partial charge >= 0.3 is 5.69 Å². The Labute approximate surface area is 125 Å². The molecule has 0 aliphatic heterocycles. The molecule has 0 aliphatic carbocycles.